The van der Waals surface area contributed by atoms with Gasteiger partial charge in [0.2, 0.25) is 5.91 Å². The van der Waals surface area contributed by atoms with E-state index in [-0.39, 0.29) is 5.91 Å². The van der Waals surface area contributed by atoms with Crippen LogP contribution < -0.4 is 4.90 Å². The predicted octanol–water partition coefficient (Wildman–Crippen LogP) is 3.13. The molecule has 2 heterocycles. The number of benzene rings is 1. The maximum atomic E-state index is 12.5. The molecule has 1 aliphatic heterocycles. The minimum absolute atomic E-state index is 0.217. The van der Waals surface area contributed by atoms with Crippen LogP contribution in [0.5, 0.6) is 0 Å². The van der Waals surface area contributed by atoms with E-state index in [1.807, 2.05) is 42.4 Å². The molecule has 1 aromatic heterocycles. The average molecular weight is 409 g/mol. The van der Waals surface area contributed by atoms with Crippen LogP contribution in [0.25, 0.3) is 0 Å². The Kier molecular flexibility index (Phi) is 7.58. The number of fused-ring (bicyclic) bond motifs is 1. The van der Waals surface area contributed by atoms with Crippen molar-refractivity contribution in [2.45, 2.75) is 25.6 Å². The summed E-state index contributed by atoms with van der Waals surface area (Å²) in [5.74, 6) is -1.55. The van der Waals surface area contributed by atoms with Gasteiger partial charge in [0.15, 0.2) is 0 Å². The highest BCUT2D eigenvalue weighted by Crippen LogP contribution is 2.21. The average Bonchev–Trinajstić information content (AvgIpc) is 2.86. The number of carboxylic acids is 1. The summed E-state index contributed by atoms with van der Waals surface area (Å²) in [4.78, 5) is 29.9. The monoisotopic (exact) mass is 409 g/mol. The Labute approximate surface area is 166 Å². The van der Waals surface area contributed by atoms with Gasteiger partial charge in [0.1, 0.15) is 5.82 Å². The van der Waals surface area contributed by atoms with Crippen molar-refractivity contribution in [1.82, 2.24) is 9.88 Å². The maximum absolute atomic E-state index is 12.5. The molecule has 0 aliphatic carbocycles. The van der Waals surface area contributed by atoms with Gasteiger partial charge in [-0.05, 0) is 18.1 Å². The van der Waals surface area contributed by atoms with Crippen LogP contribution >= 0.6 is 0 Å². The largest absolute Gasteiger partial charge is 0.490 e. The van der Waals surface area contributed by atoms with Crippen molar-refractivity contribution >= 4 is 17.7 Å². The Bertz CT molecular complexity index is 828. The van der Waals surface area contributed by atoms with Crippen molar-refractivity contribution in [1.29, 1.82) is 0 Å². The number of carbonyl (C=O) groups is 2. The number of rotatable bonds is 3. The number of aliphatic carboxylic acids is 1. The van der Waals surface area contributed by atoms with E-state index in [9.17, 15) is 18.0 Å². The molecule has 1 amide bonds. The SMILES string of the molecule is CN1CCN(C(=O)CCc2ccccc2)Cc2cccnc21.O=C(O)C(F)(F)F. The molecule has 0 saturated carbocycles. The standard InChI is InChI=1S/C18H21N3O.C2HF3O2/c1-20-12-13-21(14-16-8-5-11-19-18(16)20)17(22)10-9-15-6-3-2-4-7-15;3-2(4,5)1(6)7/h2-8,11H,9-10,12-14H2,1H3;(H,6,7). The van der Waals surface area contributed by atoms with Crippen molar-refractivity contribution < 1.29 is 27.9 Å². The van der Waals surface area contributed by atoms with Gasteiger partial charge in [-0.1, -0.05) is 36.4 Å². The van der Waals surface area contributed by atoms with E-state index in [4.69, 9.17) is 9.90 Å². The molecular weight excluding hydrogens is 387 g/mol. The number of halogens is 3. The third-order valence-corrected chi connectivity index (χ3v) is 4.36. The second kappa shape index (κ2) is 9.90. The number of pyridine rings is 1. The zero-order valence-corrected chi connectivity index (χ0v) is 15.9. The fourth-order valence-electron chi connectivity index (χ4n) is 2.83. The fourth-order valence-corrected chi connectivity index (χ4v) is 2.83. The smallest absolute Gasteiger partial charge is 0.475 e. The molecule has 1 aromatic carbocycles. The zero-order valence-electron chi connectivity index (χ0n) is 15.9. The lowest BCUT2D eigenvalue weighted by atomic mass is 10.1. The number of aromatic nitrogens is 1. The van der Waals surface area contributed by atoms with Crippen LogP contribution in [0, 0.1) is 0 Å². The number of likely N-dealkylation sites (N-methyl/N-ethyl adjacent to an activating group) is 1. The molecule has 1 N–H and O–H groups in total. The summed E-state index contributed by atoms with van der Waals surface area (Å²) in [6, 6.07) is 14.2. The maximum Gasteiger partial charge on any atom is 0.490 e. The number of anilines is 1. The highest BCUT2D eigenvalue weighted by atomic mass is 19.4. The molecule has 0 atom stereocenters. The number of hydrogen-bond donors (Lipinski definition) is 1. The molecule has 2 aromatic rings. The van der Waals surface area contributed by atoms with E-state index >= 15 is 0 Å². The zero-order chi connectivity index (χ0) is 21.4. The van der Waals surface area contributed by atoms with Gasteiger partial charge in [0, 0.05) is 44.9 Å². The molecule has 29 heavy (non-hydrogen) atoms. The summed E-state index contributed by atoms with van der Waals surface area (Å²) in [5.41, 5.74) is 2.33. The minimum atomic E-state index is -5.08. The quantitative estimate of drug-likeness (QED) is 0.843. The topological polar surface area (TPSA) is 73.7 Å². The summed E-state index contributed by atoms with van der Waals surface area (Å²) in [6.07, 6.45) is -1.92. The van der Waals surface area contributed by atoms with Gasteiger partial charge < -0.3 is 14.9 Å². The molecule has 0 fully saturated rings. The van der Waals surface area contributed by atoms with Crippen molar-refractivity contribution in [3.63, 3.8) is 0 Å². The number of amides is 1. The molecule has 156 valence electrons. The fraction of sp³-hybridized carbons (Fsp3) is 0.350. The Morgan fingerprint density at radius 1 is 1.10 bits per heavy atom. The summed E-state index contributed by atoms with van der Waals surface area (Å²) >= 11 is 0. The Balaban J connectivity index is 0.000000370. The molecule has 0 saturated heterocycles. The van der Waals surface area contributed by atoms with Crippen molar-refractivity contribution in [2.24, 2.45) is 0 Å². The van der Waals surface area contributed by atoms with Crippen LogP contribution in [0.2, 0.25) is 0 Å². The minimum Gasteiger partial charge on any atom is -0.475 e. The Morgan fingerprint density at radius 3 is 2.38 bits per heavy atom. The van der Waals surface area contributed by atoms with Gasteiger partial charge in [0.05, 0.1) is 0 Å². The lowest BCUT2D eigenvalue weighted by Gasteiger charge is -2.21. The van der Waals surface area contributed by atoms with Gasteiger partial charge in [-0.2, -0.15) is 13.2 Å². The third kappa shape index (κ3) is 6.78. The summed E-state index contributed by atoms with van der Waals surface area (Å²) in [7, 11) is 2.03. The summed E-state index contributed by atoms with van der Waals surface area (Å²) < 4.78 is 31.7. The van der Waals surface area contributed by atoms with E-state index < -0.39 is 12.1 Å². The first-order chi connectivity index (χ1) is 13.7. The first-order valence-electron chi connectivity index (χ1n) is 8.95. The van der Waals surface area contributed by atoms with Crippen molar-refractivity contribution in [3.8, 4) is 0 Å². The van der Waals surface area contributed by atoms with Crippen molar-refractivity contribution in [3.05, 3.63) is 59.8 Å². The molecule has 0 radical (unpaired) electrons. The summed E-state index contributed by atoms with van der Waals surface area (Å²) in [6.45, 7) is 2.22. The Morgan fingerprint density at radius 2 is 1.76 bits per heavy atom. The van der Waals surface area contributed by atoms with Gasteiger partial charge in [-0.25, -0.2) is 9.78 Å². The normalized spacial score (nSPS) is 13.7. The van der Waals surface area contributed by atoms with Crippen LogP contribution in [0.3, 0.4) is 0 Å². The first kappa shape index (κ1) is 22.2. The highest BCUT2D eigenvalue weighted by Gasteiger charge is 2.38. The van der Waals surface area contributed by atoms with E-state index in [2.05, 4.69) is 28.1 Å². The van der Waals surface area contributed by atoms with Gasteiger partial charge >= 0.3 is 12.1 Å². The van der Waals surface area contributed by atoms with Crippen molar-refractivity contribution in [2.75, 3.05) is 25.0 Å². The van der Waals surface area contributed by atoms with Crippen LogP contribution in [0.1, 0.15) is 17.5 Å². The number of alkyl halides is 3. The molecule has 0 unspecified atom stereocenters. The van der Waals surface area contributed by atoms with Gasteiger partial charge in [-0.15, -0.1) is 0 Å². The van der Waals surface area contributed by atoms with Gasteiger partial charge in [0.25, 0.3) is 0 Å². The van der Waals surface area contributed by atoms with Crippen LogP contribution in [0.4, 0.5) is 19.0 Å². The second-order valence-corrected chi connectivity index (χ2v) is 6.51. The molecule has 0 bridgehead atoms. The molecule has 1 aliphatic rings. The number of hydrogen-bond acceptors (Lipinski definition) is 4. The lowest BCUT2D eigenvalue weighted by molar-refractivity contribution is -0.192. The number of aryl methyl sites for hydroxylation is 1. The third-order valence-electron chi connectivity index (χ3n) is 4.36. The van der Waals surface area contributed by atoms with Crippen LogP contribution in [0.15, 0.2) is 48.7 Å². The molecular formula is C20H22F3N3O3. The predicted molar refractivity (Wildman–Crippen MR) is 101 cm³/mol. The first-order valence-corrected chi connectivity index (χ1v) is 8.95. The number of carbonyl (C=O) groups excluding carboxylic acids is 1. The number of carboxylic acid groups (broad SMARTS) is 1. The Hall–Kier alpha value is -3.10. The van der Waals surface area contributed by atoms with E-state index in [1.54, 1.807) is 0 Å². The number of nitrogens with zero attached hydrogens (tertiary/aromatic N) is 3. The summed E-state index contributed by atoms with van der Waals surface area (Å²) in [5, 5.41) is 7.12. The van der Waals surface area contributed by atoms with E-state index in [0.717, 1.165) is 30.9 Å². The van der Waals surface area contributed by atoms with E-state index in [0.29, 0.717) is 13.0 Å². The van der Waals surface area contributed by atoms with Gasteiger partial charge in [-0.3, -0.25) is 4.79 Å². The van der Waals surface area contributed by atoms with Crippen LogP contribution in [-0.2, 0) is 22.6 Å². The van der Waals surface area contributed by atoms with Crippen LogP contribution in [-0.4, -0.2) is 53.2 Å². The molecule has 0 spiro atoms. The molecule has 9 heteroatoms. The molecule has 6 nitrogen and oxygen atoms in total. The lowest BCUT2D eigenvalue weighted by Crippen LogP contribution is -2.34. The highest BCUT2D eigenvalue weighted by molar-refractivity contribution is 5.77. The van der Waals surface area contributed by atoms with E-state index in [1.165, 1.54) is 5.56 Å². The second-order valence-electron chi connectivity index (χ2n) is 6.51. The molecule has 3 rings (SSSR count).